The fraction of sp³-hybridized carbons (Fsp3) is 0.214. The molecule has 104 valence electrons. The van der Waals surface area contributed by atoms with E-state index in [2.05, 4.69) is 9.69 Å². The van der Waals surface area contributed by atoms with Crippen LogP contribution >= 0.6 is 11.5 Å². The van der Waals surface area contributed by atoms with Crippen LogP contribution in [0.25, 0.3) is 0 Å². The average molecular weight is 290 g/mol. The molecule has 5 nitrogen and oxygen atoms in total. The van der Waals surface area contributed by atoms with Gasteiger partial charge in [-0.3, -0.25) is 4.79 Å². The van der Waals surface area contributed by atoms with Crippen LogP contribution in [0.2, 0.25) is 0 Å². The molecule has 0 radical (unpaired) electrons. The van der Waals surface area contributed by atoms with Crippen molar-refractivity contribution in [3.8, 4) is 0 Å². The summed E-state index contributed by atoms with van der Waals surface area (Å²) >= 11 is 1.23. The van der Waals surface area contributed by atoms with Crippen LogP contribution in [0, 0.1) is 13.8 Å². The summed E-state index contributed by atoms with van der Waals surface area (Å²) in [4.78, 5) is 23.7. The number of carbonyl (C=O) groups is 2. The van der Waals surface area contributed by atoms with E-state index in [0.29, 0.717) is 22.5 Å². The Bertz CT molecular complexity index is 664. The number of nitrogens with zero attached hydrogens (tertiary/aromatic N) is 1. The molecule has 0 saturated heterocycles. The molecular weight excluding hydrogens is 276 g/mol. The molecule has 0 aliphatic heterocycles. The third-order valence-corrected chi connectivity index (χ3v) is 3.62. The van der Waals surface area contributed by atoms with Gasteiger partial charge in [-0.15, -0.1) is 0 Å². The van der Waals surface area contributed by atoms with Gasteiger partial charge in [0.1, 0.15) is 0 Å². The lowest BCUT2D eigenvalue weighted by Crippen LogP contribution is -2.13. The number of aromatic nitrogens is 1. The van der Waals surface area contributed by atoms with E-state index in [0.717, 1.165) is 5.56 Å². The second kappa shape index (κ2) is 5.83. The highest BCUT2D eigenvalue weighted by molar-refractivity contribution is 7.04. The van der Waals surface area contributed by atoms with Crippen molar-refractivity contribution in [3.63, 3.8) is 0 Å². The summed E-state index contributed by atoms with van der Waals surface area (Å²) in [6, 6.07) is 5.11. The minimum Gasteiger partial charge on any atom is -0.465 e. The first-order valence-corrected chi connectivity index (χ1v) is 6.78. The van der Waals surface area contributed by atoms with Gasteiger partial charge in [0.15, 0.2) is 0 Å². The van der Waals surface area contributed by atoms with Crippen molar-refractivity contribution in [1.29, 1.82) is 0 Å². The number of rotatable bonds is 3. The summed E-state index contributed by atoms with van der Waals surface area (Å²) in [6.07, 6.45) is 0. The normalized spacial score (nSPS) is 10.2. The molecule has 20 heavy (non-hydrogen) atoms. The van der Waals surface area contributed by atoms with E-state index in [9.17, 15) is 9.59 Å². The van der Waals surface area contributed by atoms with Gasteiger partial charge in [0.25, 0.3) is 5.91 Å². The Morgan fingerprint density at radius 1 is 1.25 bits per heavy atom. The largest absolute Gasteiger partial charge is 0.465 e. The first-order valence-electron chi connectivity index (χ1n) is 5.94. The number of anilines is 1. The summed E-state index contributed by atoms with van der Waals surface area (Å²) in [6.45, 7) is 3.59. The van der Waals surface area contributed by atoms with Crippen molar-refractivity contribution < 1.29 is 14.3 Å². The number of amides is 1. The number of hydrogen-bond donors (Lipinski definition) is 1. The molecule has 0 saturated carbocycles. The molecule has 1 aromatic carbocycles. The van der Waals surface area contributed by atoms with Gasteiger partial charge in [0, 0.05) is 11.1 Å². The molecule has 0 atom stereocenters. The van der Waals surface area contributed by atoms with Gasteiger partial charge in [0.05, 0.1) is 23.9 Å². The van der Waals surface area contributed by atoms with Crippen molar-refractivity contribution in [1.82, 2.24) is 4.37 Å². The summed E-state index contributed by atoms with van der Waals surface area (Å²) in [5.74, 6) is -0.664. The number of carbonyl (C=O) groups excluding carboxylic acids is 2. The fourth-order valence-electron chi connectivity index (χ4n) is 1.74. The Balaban J connectivity index is 2.24. The monoisotopic (exact) mass is 290 g/mol. The molecule has 0 aliphatic carbocycles. The van der Waals surface area contributed by atoms with E-state index < -0.39 is 5.97 Å². The zero-order chi connectivity index (χ0) is 14.7. The molecule has 2 aromatic rings. The van der Waals surface area contributed by atoms with Crippen molar-refractivity contribution in [2.45, 2.75) is 13.8 Å². The van der Waals surface area contributed by atoms with Crippen LogP contribution in [-0.4, -0.2) is 23.4 Å². The van der Waals surface area contributed by atoms with Crippen LogP contribution < -0.4 is 5.32 Å². The predicted molar refractivity (Wildman–Crippen MR) is 77.3 cm³/mol. The third-order valence-electron chi connectivity index (χ3n) is 2.90. The summed E-state index contributed by atoms with van der Waals surface area (Å²) in [5, 5.41) is 4.45. The molecule has 0 unspecified atom stereocenters. The van der Waals surface area contributed by atoms with E-state index >= 15 is 0 Å². The smallest absolute Gasteiger partial charge is 0.338 e. The van der Waals surface area contributed by atoms with Crippen molar-refractivity contribution in [2.24, 2.45) is 0 Å². The second-order valence-electron chi connectivity index (χ2n) is 4.29. The Morgan fingerprint density at radius 3 is 2.60 bits per heavy atom. The number of ether oxygens (including phenoxy) is 1. The first-order chi connectivity index (χ1) is 9.52. The zero-order valence-corrected chi connectivity index (χ0v) is 12.2. The quantitative estimate of drug-likeness (QED) is 0.883. The lowest BCUT2D eigenvalue weighted by molar-refractivity contribution is 0.0599. The Morgan fingerprint density at radius 2 is 2.00 bits per heavy atom. The van der Waals surface area contributed by atoms with Crippen LogP contribution in [0.1, 0.15) is 32.0 Å². The number of benzene rings is 1. The minimum atomic E-state index is -0.424. The number of hydrogen-bond acceptors (Lipinski definition) is 5. The Labute approximate surface area is 120 Å². The molecule has 1 heterocycles. The van der Waals surface area contributed by atoms with Crippen molar-refractivity contribution >= 4 is 29.1 Å². The zero-order valence-electron chi connectivity index (χ0n) is 11.4. The highest BCUT2D eigenvalue weighted by atomic mass is 32.1. The SMILES string of the molecule is COC(=O)c1cc(NC(=O)c2csnc2C)ccc1C. The second-order valence-corrected chi connectivity index (χ2v) is 4.92. The predicted octanol–water partition coefficient (Wildman–Crippen LogP) is 2.80. The molecule has 0 aliphatic rings. The highest BCUT2D eigenvalue weighted by Gasteiger charge is 2.14. The van der Waals surface area contributed by atoms with Gasteiger partial charge in [-0.2, -0.15) is 4.37 Å². The Hall–Kier alpha value is -2.21. The van der Waals surface area contributed by atoms with Crippen LogP contribution in [0.15, 0.2) is 23.6 Å². The molecule has 2 rings (SSSR count). The van der Waals surface area contributed by atoms with Crippen LogP contribution in [-0.2, 0) is 4.74 Å². The molecule has 1 amide bonds. The van der Waals surface area contributed by atoms with Gasteiger partial charge in [-0.1, -0.05) is 6.07 Å². The number of methoxy groups -OCH3 is 1. The summed E-state index contributed by atoms with van der Waals surface area (Å²) in [7, 11) is 1.33. The lowest BCUT2D eigenvalue weighted by Gasteiger charge is -2.08. The molecule has 1 N–H and O–H groups in total. The van der Waals surface area contributed by atoms with Crippen LogP contribution in [0.5, 0.6) is 0 Å². The van der Waals surface area contributed by atoms with E-state index in [1.54, 1.807) is 30.5 Å². The van der Waals surface area contributed by atoms with Crippen LogP contribution in [0.3, 0.4) is 0 Å². The lowest BCUT2D eigenvalue weighted by atomic mass is 10.1. The molecule has 0 fully saturated rings. The fourth-order valence-corrected chi connectivity index (χ4v) is 2.43. The van der Waals surface area contributed by atoms with Crippen molar-refractivity contribution in [2.75, 3.05) is 12.4 Å². The number of aryl methyl sites for hydroxylation is 2. The molecule has 0 spiro atoms. The third kappa shape index (κ3) is 2.85. The van der Waals surface area contributed by atoms with Crippen LogP contribution in [0.4, 0.5) is 5.69 Å². The average Bonchev–Trinajstić information content (AvgIpc) is 2.86. The van der Waals surface area contributed by atoms with Gasteiger partial charge >= 0.3 is 5.97 Å². The number of esters is 1. The Kier molecular flexibility index (Phi) is 4.14. The van der Waals surface area contributed by atoms with Gasteiger partial charge in [-0.25, -0.2) is 4.79 Å². The maximum Gasteiger partial charge on any atom is 0.338 e. The van der Waals surface area contributed by atoms with E-state index in [1.165, 1.54) is 18.6 Å². The van der Waals surface area contributed by atoms with Gasteiger partial charge in [0.2, 0.25) is 0 Å². The number of nitrogens with one attached hydrogen (secondary N) is 1. The van der Waals surface area contributed by atoms with E-state index in [4.69, 9.17) is 4.74 Å². The molecule has 6 heteroatoms. The topological polar surface area (TPSA) is 68.3 Å². The maximum atomic E-state index is 12.1. The highest BCUT2D eigenvalue weighted by Crippen LogP contribution is 2.18. The standard InChI is InChI=1S/C14H14N2O3S/c1-8-4-5-10(6-11(8)14(18)19-3)15-13(17)12-7-20-16-9(12)2/h4-7H,1-3H3,(H,15,17). The van der Waals surface area contributed by atoms with Gasteiger partial charge < -0.3 is 10.1 Å². The molecule has 0 bridgehead atoms. The molecule has 1 aromatic heterocycles. The molecular formula is C14H14N2O3S. The minimum absolute atomic E-state index is 0.240. The first kappa shape index (κ1) is 14.2. The van der Waals surface area contributed by atoms with Crippen molar-refractivity contribution in [3.05, 3.63) is 46.0 Å². The van der Waals surface area contributed by atoms with Gasteiger partial charge in [-0.05, 0) is 43.1 Å². The summed E-state index contributed by atoms with van der Waals surface area (Å²) < 4.78 is 8.77. The van der Waals surface area contributed by atoms with E-state index in [1.807, 2.05) is 6.92 Å². The van der Waals surface area contributed by atoms with E-state index in [-0.39, 0.29) is 5.91 Å². The maximum absolute atomic E-state index is 12.1. The summed E-state index contributed by atoms with van der Waals surface area (Å²) in [5.41, 5.74) is 3.00.